The molecule has 0 bridgehead atoms. The van der Waals surface area contributed by atoms with Crippen LogP contribution in [0.1, 0.15) is 0 Å². The van der Waals surface area contributed by atoms with E-state index < -0.39 is 22.9 Å². The first-order chi connectivity index (χ1) is 4.98. The molecule has 0 heterocycles. The Morgan fingerprint density at radius 1 is 1.08 bits per heavy atom. The SMILES string of the molecule is O=S(=O)(O)C(F)(F)F.OB(O)O.S. The molecule has 0 atom stereocenters. The van der Waals surface area contributed by atoms with E-state index in [9.17, 15) is 13.2 Å². The van der Waals surface area contributed by atoms with E-state index >= 15 is 0 Å². The summed E-state index contributed by atoms with van der Waals surface area (Å²) in [5.74, 6) is 0. The molecule has 0 radical (unpaired) electrons. The largest absolute Gasteiger partial charge is 0.631 e. The topological polar surface area (TPSA) is 115 Å². The number of hydrogen-bond donors (Lipinski definition) is 4. The first kappa shape index (κ1) is 18.7. The molecule has 13 heavy (non-hydrogen) atoms. The third-order valence-corrected chi connectivity index (χ3v) is 0.877. The van der Waals surface area contributed by atoms with Crippen molar-refractivity contribution in [3.63, 3.8) is 0 Å². The lowest BCUT2D eigenvalue weighted by atomic mass is 10.3. The molecule has 82 valence electrons. The van der Waals surface area contributed by atoms with E-state index in [1.54, 1.807) is 0 Å². The summed E-state index contributed by atoms with van der Waals surface area (Å²) in [6, 6.07) is 0. The van der Waals surface area contributed by atoms with E-state index in [4.69, 9.17) is 28.0 Å². The molecular weight excluding hydrogens is 240 g/mol. The van der Waals surface area contributed by atoms with Crippen LogP contribution in [0.25, 0.3) is 0 Å². The molecule has 0 aromatic rings. The summed E-state index contributed by atoms with van der Waals surface area (Å²) in [5.41, 5.74) is -5.53. The molecule has 0 amide bonds. The number of alkyl halides is 3. The Morgan fingerprint density at radius 3 is 1.15 bits per heavy atom. The van der Waals surface area contributed by atoms with Crippen LogP contribution in [0.15, 0.2) is 0 Å². The number of rotatable bonds is 0. The maximum absolute atomic E-state index is 10.7. The van der Waals surface area contributed by atoms with Gasteiger partial charge in [0.2, 0.25) is 0 Å². The normalized spacial score (nSPS) is 10.7. The van der Waals surface area contributed by atoms with Crippen LogP contribution in [-0.2, 0) is 10.1 Å². The lowest BCUT2D eigenvalue weighted by molar-refractivity contribution is -0.0510. The molecule has 0 unspecified atom stereocenters. The van der Waals surface area contributed by atoms with Crippen molar-refractivity contribution in [2.45, 2.75) is 5.51 Å². The first-order valence-electron chi connectivity index (χ1n) is 2.06. The average Bonchev–Trinajstić information content (AvgIpc) is 1.55. The van der Waals surface area contributed by atoms with Crippen molar-refractivity contribution in [1.82, 2.24) is 0 Å². The summed E-state index contributed by atoms with van der Waals surface area (Å²) in [4.78, 5) is 0. The summed E-state index contributed by atoms with van der Waals surface area (Å²) < 4.78 is 57.5. The lowest BCUT2D eigenvalue weighted by Gasteiger charge is -1.97. The van der Waals surface area contributed by atoms with Crippen molar-refractivity contribution in [3.8, 4) is 0 Å². The molecule has 0 aliphatic carbocycles. The molecule has 4 N–H and O–H groups in total. The smallest absolute Gasteiger partial charge is 0.402 e. The Hall–Kier alpha value is -0.00506. The van der Waals surface area contributed by atoms with Crippen molar-refractivity contribution in [1.29, 1.82) is 0 Å². The highest BCUT2D eigenvalue weighted by Gasteiger charge is 2.44. The Bertz CT molecular complexity index is 206. The fraction of sp³-hybridized carbons (Fsp3) is 1.00. The van der Waals surface area contributed by atoms with Gasteiger partial charge in [-0.05, 0) is 0 Å². The highest BCUT2D eigenvalue weighted by atomic mass is 32.2. The predicted octanol–water partition coefficient (Wildman–Crippen LogP) is -1.54. The molecule has 0 rings (SSSR count). The third kappa shape index (κ3) is 14.8. The fourth-order valence-corrected chi connectivity index (χ4v) is 0. The van der Waals surface area contributed by atoms with E-state index in [1.807, 2.05) is 0 Å². The zero-order valence-corrected chi connectivity index (χ0v) is 7.54. The van der Waals surface area contributed by atoms with Gasteiger partial charge in [0.1, 0.15) is 0 Å². The zero-order valence-electron chi connectivity index (χ0n) is 5.72. The molecule has 0 spiro atoms. The second-order valence-corrected chi connectivity index (χ2v) is 2.68. The standard InChI is InChI=1S/CHF3O3S.BH3O3.H2S/c2-1(3,4)8(5,6)7;2-1(3)4;/h(H,5,6,7);2-4H;1H2. The van der Waals surface area contributed by atoms with Gasteiger partial charge in [-0.15, -0.1) is 0 Å². The Labute approximate surface area is 78.4 Å². The minimum atomic E-state index is -5.84. The van der Waals surface area contributed by atoms with Gasteiger partial charge < -0.3 is 15.1 Å². The first-order valence-corrected chi connectivity index (χ1v) is 3.50. The maximum Gasteiger partial charge on any atom is 0.631 e. The average molecular weight is 246 g/mol. The van der Waals surface area contributed by atoms with Crippen molar-refractivity contribution >= 4 is 30.9 Å². The summed E-state index contributed by atoms with van der Waals surface area (Å²) in [7, 11) is -8.01. The highest BCUT2D eigenvalue weighted by molar-refractivity contribution is 7.86. The molecule has 0 aromatic carbocycles. The Morgan fingerprint density at radius 2 is 1.15 bits per heavy atom. The van der Waals surface area contributed by atoms with Crippen LogP contribution < -0.4 is 0 Å². The number of halogens is 3. The minimum Gasteiger partial charge on any atom is -0.402 e. The second-order valence-electron chi connectivity index (χ2n) is 1.27. The van der Waals surface area contributed by atoms with E-state index in [2.05, 4.69) is 0 Å². The van der Waals surface area contributed by atoms with E-state index in [0.29, 0.717) is 0 Å². The maximum atomic E-state index is 10.7. The molecule has 0 saturated carbocycles. The monoisotopic (exact) mass is 246 g/mol. The zero-order chi connectivity index (χ0) is 10.6. The number of hydrogen-bond acceptors (Lipinski definition) is 5. The van der Waals surface area contributed by atoms with Crippen LogP contribution in [-0.4, -0.2) is 40.9 Å². The van der Waals surface area contributed by atoms with Crippen LogP contribution in [0.3, 0.4) is 0 Å². The molecule has 0 aliphatic rings. The van der Waals surface area contributed by atoms with E-state index in [1.165, 1.54) is 0 Å². The van der Waals surface area contributed by atoms with Gasteiger partial charge in [-0.2, -0.15) is 35.1 Å². The summed E-state index contributed by atoms with van der Waals surface area (Å²) in [6.45, 7) is 0. The van der Waals surface area contributed by atoms with Gasteiger partial charge in [0.05, 0.1) is 0 Å². The molecular formula is CH6BF3O6S2. The fourth-order valence-electron chi connectivity index (χ4n) is 0. The van der Waals surface area contributed by atoms with Gasteiger partial charge in [-0.25, -0.2) is 0 Å². The van der Waals surface area contributed by atoms with Crippen LogP contribution in [0.4, 0.5) is 13.2 Å². The molecule has 0 aromatic heterocycles. The predicted molar refractivity (Wildman–Crippen MR) is 40.4 cm³/mol. The van der Waals surface area contributed by atoms with Crippen LogP contribution in [0, 0.1) is 0 Å². The lowest BCUT2D eigenvalue weighted by Crippen LogP contribution is -2.21. The van der Waals surface area contributed by atoms with E-state index in [0.717, 1.165) is 0 Å². The second kappa shape index (κ2) is 6.45. The van der Waals surface area contributed by atoms with Crippen LogP contribution in [0.2, 0.25) is 0 Å². The molecule has 6 nitrogen and oxygen atoms in total. The van der Waals surface area contributed by atoms with Crippen LogP contribution in [0.5, 0.6) is 0 Å². The third-order valence-electron chi connectivity index (χ3n) is 0.292. The summed E-state index contributed by atoms with van der Waals surface area (Å²) >= 11 is 0. The Balaban J connectivity index is -0.000000173. The van der Waals surface area contributed by atoms with Gasteiger partial charge in [-0.3, -0.25) is 4.55 Å². The van der Waals surface area contributed by atoms with Gasteiger partial charge >= 0.3 is 22.9 Å². The van der Waals surface area contributed by atoms with Crippen molar-refractivity contribution in [2.24, 2.45) is 0 Å². The van der Waals surface area contributed by atoms with Crippen LogP contribution >= 0.6 is 13.5 Å². The molecule has 0 fully saturated rings. The van der Waals surface area contributed by atoms with Crippen molar-refractivity contribution in [2.75, 3.05) is 0 Å². The van der Waals surface area contributed by atoms with Gasteiger partial charge in [0.25, 0.3) is 0 Å². The summed E-state index contributed by atoms with van der Waals surface area (Å²) in [5, 5.41) is 21.5. The van der Waals surface area contributed by atoms with Crippen molar-refractivity contribution in [3.05, 3.63) is 0 Å². The van der Waals surface area contributed by atoms with Crippen molar-refractivity contribution < 1.29 is 41.2 Å². The quantitative estimate of drug-likeness (QED) is 0.234. The molecule has 0 aliphatic heterocycles. The van der Waals surface area contributed by atoms with E-state index in [-0.39, 0.29) is 13.5 Å². The van der Waals surface area contributed by atoms with Gasteiger partial charge in [0, 0.05) is 0 Å². The Kier molecular flexibility index (Phi) is 9.28. The molecule has 12 heteroatoms. The van der Waals surface area contributed by atoms with Gasteiger partial charge in [-0.1, -0.05) is 0 Å². The molecule has 0 saturated heterocycles. The summed E-state index contributed by atoms with van der Waals surface area (Å²) in [6.07, 6.45) is 0. The highest BCUT2D eigenvalue weighted by Crippen LogP contribution is 2.20. The minimum absolute atomic E-state index is 0. The van der Waals surface area contributed by atoms with Gasteiger partial charge in [0.15, 0.2) is 0 Å².